The van der Waals surface area contributed by atoms with E-state index in [1.54, 1.807) is 17.0 Å². The van der Waals surface area contributed by atoms with Gasteiger partial charge in [0, 0.05) is 17.6 Å². The van der Waals surface area contributed by atoms with E-state index >= 15 is 0 Å². The molecule has 104 valence electrons. The van der Waals surface area contributed by atoms with E-state index in [9.17, 15) is 4.79 Å². The Bertz CT molecular complexity index is 447. The topological polar surface area (TPSA) is 48.0 Å². The van der Waals surface area contributed by atoms with Gasteiger partial charge in [0.15, 0.2) is 0 Å². The molecule has 2 rings (SSSR count). The molecule has 0 spiro atoms. The van der Waals surface area contributed by atoms with Crippen LogP contribution in [-0.4, -0.2) is 51.3 Å². The number of morpholine rings is 1. The molecule has 1 fully saturated rings. The molecule has 1 aromatic carbocycles. The van der Waals surface area contributed by atoms with Crippen molar-refractivity contribution in [3.05, 3.63) is 22.2 Å². The molecule has 1 aromatic rings. The number of carbonyl (C=O) groups is 1. The molecule has 1 amide bonds. The Labute approximate surface area is 120 Å². The summed E-state index contributed by atoms with van der Waals surface area (Å²) in [6.45, 7) is 2.29. The van der Waals surface area contributed by atoms with Gasteiger partial charge in [0.25, 0.3) is 5.91 Å². The number of hydrogen-bond donors (Lipinski definition) is 0. The van der Waals surface area contributed by atoms with Crippen LogP contribution in [0.25, 0.3) is 0 Å². The smallest absolute Gasteiger partial charge is 0.261 e. The van der Waals surface area contributed by atoms with Crippen molar-refractivity contribution in [2.24, 2.45) is 0 Å². The molecule has 0 unspecified atom stereocenters. The average Bonchev–Trinajstić information content (AvgIpc) is 2.46. The first kappa shape index (κ1) is 14.1. The first-order valence-electron chi connectivity index (χ1n) is 5.96. The molecule has 6 heteroatoms. The van der Waals surface area contributed by atoms with Crippen LogP contribution in [0.2, 0.25) is 0 Å². The van der Waals surface area contributed by atoms with E-state index in [1.165, 1.54) is 14.2 Å². The monoisotopic (exact) mass is 329 g/mol. The van der Waals surface area contributed by atoms with Crippen LogP contribution in [0, 0.1) is 0 Å². The van der Waals surface area contributed by atoms with Gasteiger partial charge in [-0.3, -0.25) is 4.79 Å². The Hall–Kier alpha value is -1.27. The first-order valence-corrected chi connectivity index (χ1v) is 6.75. The van der Waals surface area contributed by atoms with Crippen molar-refractivity contribution in [3.63, 3.8) is 0 Å². The molecule has 0 saturated carbocycles. The molecule has 0 atom stereocenters. The van der Waals surface area contributed by atoms with E-state index in [0.717, 1.165) is 4.47 Å². The molecule has 1 aliphatic rings. The van der Waals surface area contributed by atoms with Crippen LogP contribution < -0.4 is 9.47 Å². The molecule has 1 saturated heterocycles. The number of halogens is 1. The average molecular weight is 330 g/mol. The van der Waals surface area contributed by atoms with Gasteiger partial charge >= 0.3 is 0 Å². The van der Waals surface area contributed by atoms with Crippen LogP contribution in [0.3, 0.4) is 0 Å². The van der Waals surface area contributed by atoms with E-state index in [-0.39, 0.29) is 5.91 Å². The molecular formula is C13H16BrNO4. The van der Waals surface area contributed by atoms with Crippen molar-refractivity contribution in [1.82, 2.24) is 4.90 Å². The Morgan fingerprint density at radius 3 is 2.21 bits per heavy atom. The van der Waals surface area contributed by atoms with E-state index in [1.807, 2.05) is 0 Å². The van der Waals surface area contributed by atoms with Crippen molar-refractivity contribution in [1.29, 1.82) is 0 Å². The van der Waals surface area contributed by atoms with Gasteiger partial charge in [-0.2, -0.15) is 0 Å². The van der Waals surface area contributed by atoms with Gasteiger partial charge in [-0.1, -0.05) is 15.9 Å². The fourth-order valence-electron chi connectivity index (χ4n) is 2.02. The highest BCUT2D eigenvalue weighted by atomic mass is 79.9. The van der Waals surface area contributed by atoms with Gasteiger partial charge in [-0.05, 0) is 12.1 Å². The first-order chi connectivity index (χ1) is 9.17. The molecule has 0 aliphatic carbocycles. The Morgan fingerprint density at radius 1 is 1.21 bits per heavy atom. The van der Waals surface area contributed by atoms with Crippen molar-refractivity contribution in [2.75, 3.05) is 40.5 Å². The number of methoxy groups -OCH3 is 2. The van der Waals surface area contributed by atoms with Crippen molar-refractivity contribution in [2.45, 2.75) is 0 Å². The molecule has 0 aromatic heterocycles. The predicted molar refractivity (Wildman–Crippen MR) is 74.0 cm³/mol. The summed E-state index contributed by atoms with van der Waals surface area (Å²) in [7, 11) is 3.08. The highest BCUT2D eigenvalue weighted by molar-refractivity contribution is 9.10. The predicted octanol–water partition coefficient (Wildman–Crippen LogP) is 1.94. The summed E-state index contributed by atoms with van der Waals surface area (Å²) in [6.07, 6.45) is 0. The third-order valence-electron chi connectivity index (χ3n) is 2.98. The van der Waals surface area contributed by atoms with Gasteiger partial charge in [-0.15, -0.1) is 0 Å². The molecular weight excluding hydrogens is 314 g/mol. The second-order valence-electron chi connectivity index (χ2n) is 4.09. The number of benzene rings is 1. The number of hydrogen-bond acceptors (Lipinski definition) is 4. The summed E-state index contributed by atoms with van der Waals surface area (Å²) in [5.74, 6) is 0.912. The zero-order valence-corrected chi connectivity index (χ0v) is 12.5. The van der Waals surface area contributed by atoms with Crippen molar-refractivity contribution < 1.29 is 19.0 Å². The van der Waals surface area contributed by atoms with Crippen molar-refractivity contribution in [3.8, 4) is 11.5 Å². The molecule has 0 radical (unpaired) electrons. The summed E-state index contributed by atoms with van der Waals surface area (Å²) in [6, 6.07) is 3.52. The SMILES string of the molecule is COc1cc(Br)cc(OC)c1C(=O)N1CCOCC1. The maximum absolute atomic E-state index is 12.6. The van der Waals surface area contributed by atoms with Gasteiger partial charge in [0.05, 0.1) is 27.4 Å². The van der Waals surface area contributed by atoms with Gasteiger partial charge in [0.2, 0.25) is 0 Å². The molecule has 0 bridgehead atoms. The fourth-order valence-corrected chi connectivity index (χ4v) is 2.43. The van der Waals surface area contributed by atoms with Crippen LogP contribution >= 0.6 is 15.9 Å². The van der Waals surface area contributed by atoms with Crippen LogP contribution in [0.5, 0.6) is 11.5 Å². The zero-order valence-electron chi connectivity index (χ0n) is 10.9. The quantitative estimate of drug-likeness (QED) is 0.850. The Kier molecular flexibility index (Phi) is 4.66. The lowest BCUT2D eigenvalue weighted by atomic mass is 10.1. The van der Waals surface area contributed by atoms with E-state index < -0.39 is 0 Å². The minimum atomic E-state index is -0.0931. The third-order valence-corrected chi connectivity index (χ3v) is 3.44. The number of nitrogens with zero attached hydrogens (tertiary/aromatic N) is 1. The lowest BCUT2D eigenvalue weighted by Crippen LogP contribution is -2.40. The minimum absolute atomic E-state index is 0.0931. The Morgan fingerprint density at radius 2 is 1.74 bits per heavy atom. The third kappa shape index (κ3) is 3.01. The molecule has 1 heterocycles. The fraction of sp³-hybridized carbons (Fsp3) is 0.462. The second-order valence-corrected chi connectivity index (χ2v) is 5.01. The van der Waals surface area contributed by atoms with Gasteiger partial charge < -0.3 is 19.1 Å². The largest absolute Gasteiger partial charge is 0.496 e. The number of rotatable bonds is 3. The van der Waals surface area contributed by atoms with Gasteiger partial charge in [-0.25, -0.2) is 0 Å². The number of ether oxygens (including phenoxy) is 3. The number of carbonyl (C=O) groups excluding carboxylic acids is 1. The molecule has 19 heavy (non-hydrogen) atoms. The maximum atomic E-state index is 12.6. The summed E-state index contributed by atoms with van der Waals surface area (Å²) < 4.78 is 16.6. The maximum Gasteiger partial charge on any atom is 0.261 e. The van der Waals surface area contributed by atoms with Crippen LogP contribution in [0.4, 0.5) is 0 Å². The Balaban J connectivity index is 2.38. The van der Waals surface area contributed by atoms with Crippen LogP contribution in [0.15, 0.2) is 16.6 Å². The highest BCUT2D eigenvalue weighted by Crippen LogP contribution is 2.34. The zero-order chi connectivity index (χ0) is 13.8. The van der Waals surface area contributed by atoms with Crippen molar-refractivity contribution >= 4 is 21.8 Å². The number of amides is 1. The molecule has 0 N–H and O–H groups in total. The second kappa shape index (κ2) is 6.25. The summed E-state index contributed by atoms with van der Waals surface area (Å²) in [5, 5.41) is 0. The molecule has 1 aliphatic heterocycles. The summed E-state index contributed by atoms with van der Waals surface area (Å²) >= 11 is 3.37. The standard InChI is InChI=1S/C13H16BrNO4/c1-17-10-7-9(14)8-11(18-2)12(10)13(16)15-3-5-19-6-4-15/h7-8H,3-6H2,1-2H3. The minimum Gasteiger partial charge on any atom is -0.496 e. The lowest BCUT2D eigenvalue weighted by molar-refractivity contribution is 0.0299. The van der Waals surface area contributed by atoms with E-state index in [2.05, 4.69) is 15.9 Å². The highest BCUT2D eigenvalue weighted by Gasteiger charge is 2.25. The van der Waals surface area contributed by atoms with Crippen LogP contribution in [0.1, 0.15) is 10.4 Å². The van der Waals surface area contributed by atoms with Crippen LogP contribution in [-0.2, 0) is 4.74 Å². The lowest BCUT2D eigenvalue weighted by Gasteiger charge is -2.28. The normalized spacial score (nSPS) is 15.2. The van der Waals surface area contributed by atoms with Gasteiger partial charge in [0.1, 0.15) is 17.1 Å². The summed E-state index contributed by atoms with van der Waals surface area (Å²) in [4.78, 5) is 14.3. The van der Waals surface area contributed by atoms with E-state index in [0.29, 0.717) is 43.4 Å². The summed E-state index contributed by atoms with van der Waals surface area (Å²) in [5.41, 5.74) is 0.454. The molecule has 5 nitrogen and oxygen atoms in total. The van der Waals surface area contributed by atoms with E-state index in [4.69, 9.17) is 14.2 Å².